The first kappa shape index (κ1) is 13.5. The molecule has 6 heteroatoms. The lowest BCUT2D eigenvalue weighted by Gasteiger charge is -2.15. The van der Waals surface area contributed by atoms with Gasteiger partial charge in [0.15, 0.2) is 11.5 Å². The van der Waals surface area contributed by atoms with Crippen molar-refractivity contribution < 1.29 is 19.0 Å². The van der Waals surface area contributed by atoms with E-state index in [1.807, 2.05) is 29.8 Å². The van der Waals surface area contributed by atoms with Crippen LogP contribution in [0.1, 0.15) is 17.2 Å². The van der Waals surface area contributed by atoms with E-state index in [1.54, 1.807) is 12.5 Å². The fourth-order valence-corrected chi connectivity index (χ4v) is 2.40. The SMILES string of the molecule is COC(=O)C(Cc1cncn1C)c1ccc2c(c1)OCO2. The lowest BCUT2D eigenvalue weighted by atomic mass is 9.94. The Morgan fingerprint density at radius 3 is 2.95 bits per heavy atom. The molecule has 0 N–H and O–H groups in total. The van der Waals surface area contributed by atoms with Gasteiger partial charge in [0, 0.05) is 25.4 Å². The second-order valence-corrected chi connectivity index (χ2v) is 4.89. The quantitative estimate of drug-likeness (QED) is 0.800. The summed E-state index contributed by atoms with van der Waals surface area (Å²) >= 11 is 0. The third-order valence-corrected chi connectivity index (χ3v) is 3.61. The molecular formula is C15H16N2O4. The Morgan fingerprint density at radius 2 is 2.24 bits per heavy atom. The average molecular weight is 288 g/mol. The first-order chi connectivity index (χ1) is 10.2. The molecule has 0 fully saturated rings. The van der Waals surface area contributed by atoms with Gasteiger partial charge in [-0.1, -0.05) is 6.07 Å². The van der Waals surface area contributed by atoms with Gasteiger partial charge in [-0.15, -0.1) is 0 Å². The van der Waals surface area contributed by atoms with Crippen LogP contribution in [0, 0.1) is 0 Å². The molecule has 1 aliphatic rings. The Morgan fingerprint density at radius 1 is 1.43 bits per heavy atom. The number of methoxy groups -OCH3 is 1. The van der Waals surface area contributed by atoms with E-state index >= 15 is 0 Å². The number of esters is 1. The molecular weight excluding hydrogens is 272 g/mol. The summed E-state index contributed by atoms with van der Waals surface area (Å²) in [6, 6.07) is 5.52. The number of hydrogen-bond donors (Lipinski definition) is 0. The molecule has 1 aromatic heterocycles. The molecule has 110 valence electrons. The van der Waals surface area contributed by atoms with Crippen LogP contribution in [0.5, 0.6) is 11.5 Å². The molecule has 0 amide bonds. The van der Waals surface area contributed by atoms with Crippen molar-refractivity contribution in [2.75, 3.05) is 13.9 Å². The summed E-state index contributed by atoms with van der Waals surface area (Å²) in [7, 11) is 3.29. The van der Waals surface area contributed by atoms with Gasteiger partial charge in [-0.25, -0.2) is 4.98 Å². The van der Waals surface area contributed by atoms with Gasteiger partial charge >= 0.3 is 5.97 Å². The van der Waals surface area contributed by atoms with E-state index in [-0.39, 0.29) is 12.8 Å². The van der Waals surface area contributed by atoms with Crippen molar-refractivity contribution in [1.82, 2.24) is 9.55 Å². The van der Waals surface area contributed by atoms with Crippen LogP contribution in [0.2, 0.25) is 0 Å². The maximum absolute atomic E-state index is 12.1. The van der Waals surface area contributed by atoms with Gasteiger partial charge in [-0.3, -0.25) is 4.79 Å². The van der Waals surface area contributed by atoms with E-state index in [0.29, 0.717) is 17.9 Å². The number of carbonyl (C=O) groups excluding carboxylic acids is 1. The maximum Gasteiger partial charge on any atom is 0.313 e. The van der Waals surface area contributed by atoms with Crippen molar-refractivity contribution in [3.8, 4) is 11.5 Å². The topological polar surface area (TPSA) is 62.6 Å². The fourth-order valence-electron chi connectivity index (χ4n) is 2.40. The van der Waals surface area contributed by atoms with Crippen LogP contribution in [0.15, 0.2) is 30.7 Å². The number of carbonyl (C=O) groups is 1. The Kier molecular flexibility index (Phi) is 3.51. The van der Waals surface area contributed by atoms with Gasteiger partial charge < -0.3 is 18.8 Å². The Balaban J connectivity index is 1.92. The number of imidazole rings is 1. The highest BCUT2D eigenvalue weighted by atomic mass is 16.7. The molecule has 1 aromatic carbocycles. The maximum atomic E-state index is 12.1. The fraction of sp³-hybridized carbons (Fsp3) is 0.333. The lowest BCUT2D eigenvalue weighted by molar-refractivity contribution is -0.142. The van der Waals surface area contributed by atoms with Gasteiger partial charge in [0.1, 0.15) is 0 Å². The number of fused-ring (bicyclic) bond motifs is 1. The Labute approximate surface area is 122 Å². The van der Waals surface area contributed by atoms with Crippen LogP contribution in [-0.2, 0) is 23.0 Å². The molecule has 0 aliphatic carbocycles. The van der Waals surface area contributed by atoms with Crippen molar-refractivity contribution in [3.63, 3.8) is 0 Å². The van der Waals surface area contributed by atoms with E-state index in [2.05, 4.69) is 4.98 Å². The monoisotopic (exact) mass is 288 g/mol. The molecule has 6 nitrogen and oxygen atoms in total. The van der Waals surface area contributed by atoms with Crippen molar-refractivity contribution in [1.29, 1.82) is 0 Å². The largest absolute Gasteiger partial charge is 0.469 e. The van der Waals surface area contributed by atoms with E-state index in [4.69, 9.17) is 14.2 Å². The first-order valence-corrected chi connectivity index (χ1v) is 6.61. The second-order valence-electron chi connectivity index (χ2n) is 4.89. The number of aromatic nitrogens is 2. The number of benzene rings is 1. The number of nitrogens with zero attached hydrogens (tertiary/aromatic N) is 2. The molecule has 0 radical (unpaired) electrons. The molecule has 1 aliphatic heterocycles. The smallest absolute Gasteiger partial charge is 0.313 e. The first-order valence-electron chi connectivity index (χ1n) is 6.61. The van der Waals surface area contributed by atoms with E-state index in [9.17, 15) is 4.79 Å². The molecule has 2 heterocycles. The van der Waals surface area contributed by atoms with E-state index < -0.39 is 5.92 Å². The third kappa shape index (κ3) is 2.56. The third-order valence-electron chi connectivity index (χ3n) is 3.61. The standard InChI is InChI=1S/C15H16N2O4/c1-17-8-16-7-11(17)6-12(15(18)19-2)10-3-4-13-14(5-10)21-9-20-13/h3-5,7-8,12H,6,9H2,1-2H3. The zero-order chi connectivity index (χ0) is 14.8. The predicted molar refractivity (Wildman–Crippen MR) is 74.2 cm³/mol. The normalized spacial score (nSPS) is 14.0. The van der Waals surface area contributed by atoms with Crippen LogP contribution < -0.4 is 9.47 Å². The lowest BCUT2D eigenvalue weighted by Crippen LogP contribution is -2.18. The highest BCUT2D eigenvalue weighted by molar-refractivity contribution is 5.78. The van der Waals surface area contributed by atoms with Crippen LogP contribution in [0.25, 0.3) is 0 Å². The highest BCUT2D eigenvalue weighted by Crippen LogP contribution is 2.35. The molecule has 0 saturated heterocycles. The summed E-state index contributed by atoms with van der Waals surface area (Å²) in [4.78, 5) is 16.2. The van der Waals surface area contributed by atoms with Crippen LogP contribution in [0.3, 0.4) is 0 Å². The van der Waals surface area contributed by atoms with Crippen LogP contribution in [0.4, 0.5) is 0 Å². The van der Waals surface area contributed by atoms with E-state index in [0.717, 1.165) is 11.3 Å². The van der Waals surface area contributed by atoms with Crippen LogP contribution >= 0.6 is 0 Å². The summed E-state index contributed by atoms with van der Waals surface area (Å²) in [6.45, 7) is 0.212. The number of rotatable bonds is 4. The second kappa shape index (κ2) is 5.47. The average Bonchev–Trinajstić information content (AvgIpc) is 3.12. The molecule has 2 aromatic rings. The minimum atomic E-state index is -0.403. The molecule has 0 spiro atoms. The number of ether oxygens (including phenoxy) is 3. The van der Waals surface area contributed by atoms with Crippen molar-refractivity contribution >= 4 is 5.97 Å². The molecule has 3 rings (SSSR count). The summed E-state index contributed by atoms with van der Waals surface area (Å²) < 4.78 is 17.5. The highest BCUT2D eigenvalue weighted by Gasteiger charge is 2.25. The van der Waals surface area contributed by atoms with Gasteiger partial charge in [0.25, 0.3) is 0 Å². The molecule has 0 bridgehead atoms. The zero-order valence-corrected chi connectivity index (χ0v) is 11.9. The van der Waals surface area contributed by atoms with Gasteiger partial charge in [0.05, 0.1) is 19.4 Å². The van der Waals surface area contributed by atoms with Gasteiger partial charge in [-0.05, 0) is 17.7 Å². The molecule has 1 atom stereocenters. The van der Waals surface area contributed by atoms with Crippen molar-refractivity contribution in [3.05, 3.63) is 42.0 Å². The van der Waals surface area contributed by atoms with E-state index in [1.165, 1.54) is 7.11 Å². The summed E-state index contributed by atoms with van der Waals surface area (Å²) in [5.74, 6) is 0.671. The minimum Gasteiger partial charge on any atom is -0.469 e. The number of hydrogen-bond acceptors (Lipinski definition) is 5. The van der Waals surface area contributed by atoms with Crippen LogP contribution in [-0.4, -0.2) is 29.4 Å². The summed E-state index contributed by atoms with van der Waals surface area (Å²) in [6.07, 6.45) is 3.98. The summed E-state index contributed by atoms with van der Waals surface area (Å²) in [5.41, 5.74) is 1.80. The molecule has 21 heavy (non-hydrogen) atoms. The van der Waals surface area contributed by atoms with Gasteiger partial charge in [-0.2, -0.15) is 0 Å². The van der Waals surface area contributed by atoms with Gasteiger partial charge in [0.2, 0.25) is 6.79 Å². The Bertz CT molecular complexity index is 665. The molecule has 0 saturated carbocycles. The summed E-state index contributed by atoms with van der Waals surface area (Å²) in [5, 5.41) is 0. The predicted octanol–water partition coefficient (Wildman–Crippen LogP) is 1.65. The minimum absolute atomic E-state index is 0.212. The van der Waals surface area contributed by atoms with Crippen molar-refractivity contribution in [2.24, 2.45) is 7.05 Å². The van der Waals surface area contributed by atoms with Crippen molar-refractivity contribution in [2.45, 2.75) is 12.3 Å². The molecule has 1 unspecified atom stereocenters. The Hall–Kier alpha value is -2.50. The zero-order valence-electron chi connectivity index (χ0n) is 11.9. The number of aryl methyl sites for hydroxylation is 1.